The van der Waals surface area contributed by atoms with E-state index in [9.17, 15) is 4.79 Å². The maximum atomic E-state index is 10.7. The normalized spacial score (nSPS) is 28.2. The van der Waals surface area contributed by atoms with E-state index in [1.807, 2.05) is 14.0 Å². The highest BCUT2D eigenvalue weighted by Crippen LogP contribution is 2.08. The second-order valence-corrected chi connectivity index (χ2v) is 2.37. The molecule has 1 aliphatic heterocycles. The van der Waals surface area contributed by atoms with Crippen LogP contribution in [0.3, 0.4) is 0 Å². The molecule has 3 heteroatoms. The van der Waals surface area contributed by atoms with Gasteiger partial charge in [0.15, 0.2) is 5.78 Å². The molecule has 0 spiro atoms. The van der Waals surface area contributed by atoms with Crippen LogP contribution in [0.2, 0.25) is 0 Å². The van der Waals surface area contributed by atoms with Crippen LogP contribution < -0.4 is 0 Å². The number of carbonyl (C=O) groups is 1. The molecule has 1 atom stereocenters. The minimum absolute atomic E-state index is 0. The maximum Gasteiger partial charge on any atom is 0.150 e. The Morgan fingerprint density at radius 2 is 2.22 bits per heavy atom. The van der Waals surface area contributed by atoms with Crippen molar-refractivity contribution in [2.75, 3.05) is 13.6 Å². The van der Waals surface area contributed by atoms with Crippen molar-refractivity contribution in [3.05, 3.63) is 0 Å². The smallest absolute Gasteiger partial charge is 0.150 e. The molecule has 0 aromatic carbocycles. The van der Waals surface area contributed by atoms with Crippen LogP contribution in [0.15, 0.2) is 0 Å². The van der Waals surface area contributed by atoms with E-state index in [0.29, 0.717) is 5.78 Å². The first-order valence-electron chi connectivity index (χ1n) is 2.95. The van der Waals surface area contributed by atoms with E-state index < -0.39 is 0 Å². The predicted octanol–water partition coefficient (Wildman–Crippen LogP) is 0.701. The van der Waals surface area contributed by atoms with Crippen LogP contribution in [0.25, 0.3) is 0 Å². The molecule has 9 heavy (non-hydrogen) atoms. The molecule has 0 aromatic heterocycles. The molecule has 1 rings (SSSR count). The number of likely N-dealkylation sites (tertiary alicyclic amines) is 1. The van der Waals surface area contributed by atoms with E-state index in [2.05, 4.69) is 4.90 Å². The maximum absolute atomic E-state index is 10.7. The van der Waals surface area contributed by atoms with Gasteiger partial charge in [0.1, 0.15) is 0 Å². The molecule has 1 heterocycles. The van der Waals surface area contributed by atoms with E-state index in [0.717, 1.165) is 13.0 Å². The Kier molecular flexibility index (Phi) is 3.15. The Bertz CT molecular complexity index is 116. The number of rotatable bonds is 0. The summed E-state index contributed by atoms with van der Waals surface area (Å²) in [4.78, 5) is 12.8. The fourth-order valence-corrected chi connectivity index (χ4v) is 0.935. The molecule has 2 nitrogen and oxygen atoms in total. The predicted molar refractivity (Wildman–Crippen MR) is 39.0 cm³/mol. The first-order chi connectivity index (χ1) is 3.72. The first-order valence-corrected chi connectivity index (χ1v) is 2.95. The topological polar surface area (TPSA) is 20.3 Å². The lowest BCUT2D eigenvalue weighted by molar-refractivity contribution is -0.119. The fourth-order valence-electron chi connectivity index (χ4n) is 0.935. The third-order valence-electron chi connectivity index (χ3n) is 1.84. The van der Waals surface area contributed by atoms with Crippen molar-refractivity contribution >= 4 is 18.2 Å². The molecular formula is C6H12ClNO. The minimum atomic E-state index is 0. The van der Waals surface area contributed by atoms with Crippen LogP contribution in [-0.2, 0) is 4.79 Å². The summed E-state index contributed by atoms with van der Waals surface area (Å²) in [7, 11) is 1.98. The van der Waals surface area contributed by atoms with Crippen LogP contribution in [0.5, 0.6) is 0 Å². The summed E-state index contributed by atoms with van der Waals surface area (Å²) in [5.41, 5.74) is 0. The van der Waals surface area contributed by atoms with Gasteiger partial charge in [0.25, 0.3) is 0 Å². The number of likely N-dealkylation sites (N-methyl/N-ethyl adjacent to an activating group) is 1. The van der Waals surface area contributed by atoms with Gasteiger partial charge >= 0.3 is 0 Å². The monoisotopic (exact) mass is 149 g/mol. The Labute approximate surface area is 61.6 Å². The van der Waals surface area contributed by atoms with Gasteiger partial charge in [0.05, 0.1) is 6.04 Å². The molecule has 0 N–H and O–H groups in total. The van der Waals surface area contributed by atoms with Crippen molar-refractivity contribution in [2.24, 2.45) is 0 Å². The van der Waals surface area contributed by atoms with Crippen molar-refractivity contribution in [3.63, 3.8) is 0 Å². The molecule has 1 aliphatic rings. The van der Waals surface area contributed by atoms with E-state index >= 15 is 0 Å². The minimum Gasteiger partial charge on any atom is -0.298 e. The first kappa shape index (κ1) is 8.92. The lowest BCUT2D eigenvalue weighted by Crippen LogP contribution is -2.25. The van der Waals surface area contributed by atoms with E-state index in [-0.39, 0.29) is 18.4 Å². The Hall–Kier alpha value is -0.0800. The zero-order valence-electron chi connectivity index (χ0n) is 5.76. The molecule has 0 saturated carbocycles. The molecule has 0 aromatic rings. The number of nitrogens with zero attached hydrogens (tertiary/aromatic N) is 1. The highest BCUT2D eigenvalue weighted by Gasteiger charge is 2.24. The number of halogens is 1. The summed E-state index contributed by atoms with van der Waals surface area (Å²) in [5, 5.41) is 0. The van der Waals surface area contributed by atoms with Gasteiger partial charge in [0, 0.05) is 13.0 Å². The molecule has 0 bridgehead atoms. The van der Waals surface area contributed by atoms with Crippen molar-refractivity contribution in [2.45, 2.75) is 19.4 Å². The molecular weight excluding hydrogens is 138 g/mol. The van der Waals surface area contributed by atoms with Gasteiger partial charge in [-0.15, -0.1) is 12.4 Å². The Morgan fingerprint density at radius 3 is 2.33 bits per heavy atom. The van der Waals surface area contributed by atoms with Crippen LogP contribution in [0.4, 0.5) is 0 Å². The highest BCUT2D eigenvalue weighted by atomic mass is 35.5. The number of hydrogen-bond acceptors (Lipinski definition) is 2. The summed E-state index contributed by atoms with van der Waals surface area (Å²) >= 11 is 0. The van der Waals surface area contributed by atoms with E-state index in [1.54, 1.807) is 0 Å². The third kappa shape index (κ3) is 1.66. The molecule has 0 aliphatic carbocycles. The molecule has 0 amide bonds. The van der Waals surface area contributed by atoms with E-state index in [1.165, 1.54) is 0 Å². The van der Waals surface area contributed by atoms with Crippen molar-refractivity contribution < 1.29 is 4.79 Å². The summed E-state index contributed by atoms with van der Waals surface area (Å²) in [5.74, 6) is 0.382. The van der Waals surface area contributed by atoms with Gasteiger partial charge in [-0.3, -0.25) is 9.69 Å². The SMILES string of the molecule is CC1C(=O)CCN1C.Cl. The van der Waals surface area contributed by atoms with Crippen molar-refractivity contribution in [1.29, 1.82) is 0 Å². The second kappa shape index (κ2) is 3.18. The van der Waals surface area contributed by atoms with E-state index in [4.69, 9.17) is 0 Å². The van der Waals surface area contributed by atoms with Gasteiger partial charge in [0.2, 0.25) is 0 Å². The van der Waals surface area contributed by atoms with Gasteiger partial charge in [-0.05, 0) is 14.0 Å². The zero-order chi connectivity index (χ0) is 6.15. The number of ketones is 1. The summed E-state index contributed by atoms with van der Waals surface area (Å²) in [6, 6.07) is 0.176. The summed E-state index contributed by atoms with van der Waals surface area (Å²) < 4.78 is 0. The molecule has 1 saturated heterocycles. The molecule has 54 valence electrons. The van der Waals surface area contributed by atoms with Crippen LogP contribution >= 0.6 is 12.4 Å². The summed E-state index contributed by atoms with van der Waals surface area (Å²) in [6.45, 7) is 2.90. The van der Waals surface area contributed by atoms with Gasteiger partial charge in [-0.1, -0.05) is 0 Å². The molecule has 1 fully saturated rings. The average molecular weight is 150 g/mol. The quantitative estimate of drug-likeness (QED) is 0.506. The second-order valence-electron chi connectivity index (χ2n) is 2.37. The zero-order valence-corrected chi connectivity index (χ0v) is 6.57. The highest BCUT2D eigenvalue weighted by molar-refractivity contribution is 5.85. The largest absolute Gasteiger partial charge is 0.298 e. The molecule has 0 radical (unpaired) electrons. The van der Waals surface area contributed by atoms with Gasteiger partial charge < -0.3 is 0 Å². The lowest BCUT2D eigenvalue weighted by Gasteiger charge is -2.10. The molecule has 1 unspecified atom stereocenters. The lowest BCUT2D eigenvalue weighted by atomic mass is 10.2. The third-order valence-corrected chi connectivity index (χ3v) is 1.84. The van der Waals surface area contributed by atoms with Gasteiger partial charge in [-0.2, -0.15) is 0 Å². The summed E-state index contributed by atoms with van der Waals surface area (Å²) in [6.07, 6.45) is 0.748. The average Bonchev–Trinajstić information content (AvgIpc) is 1.98. The van der Waals surface area contributed by atoms with Crippen molar-refractivity contribution in [3.8, 4) is 0 Å². The Morgan fingerprint density at radius 1 is 1.67 bits per heavy atom. The van der Waals surface area contributed by atoms with Crippen LogP contribution in [-0.4, -0.2) is 30.3 Å². The number of hydrogen-bond donors (Lipinski definition) is 0. The fraction of sp³-hybridized carbons (Fsp3) is 0.833. The van der Waals surface area contributed by atoms with Crippen LogP contribution in [0, 0.1) is 0 Å². The standard InChI is InChI=1S/C6H11NO.ClH/c1-5-6(8)3-4-7(5)2;/h5H,3-4H2,1-2H3;1H. The Balaban J connectivity index is 0.000000640. The van der Waals surface area contributed by atoms with Crippen LogP contribution in [0.1, 0.15) is 13.3 Å². The van der Waals surface area contributed by atoms with Crippen molar-refractivity contribution in [1.82, 2.24) is 4.90 Å². The number of carbonyl (C=O) groups excluding carboxylic acids is 1. The number of Topliss-reactive ketones (excluding diaryl/α,β-unsaturated/α-hetero) is 1. The van der Waals surface area contributed by atoms with Gasteiger partial charge in [-0.25, -0.2) is 0 Å².